The van der Waals surface area contributed by atoms with E-state index >= 15 is 0 Å². The first kappa shape index (κ1) is 8.50. The van der Waals surface area contributed by atoms with Gasteiger partial charge in [0.1, 0.15) is 0 Å². The lowest BCUT2D eigenvalue weighted by atomic mass is 9.90. The summed E-state index contributed by atoms with van der Waals surface area (Å²) in [7, 11) is -3.19. The van der Waals surface area contributed by atoms with Crippen molar-refractivity contribution in [2.75, 3.05) is 11.5 Å². The molecule has 62 valence electrons. The van der Waals surface area contributed by atoms with Gasteiger partial charge in [0, 0.05) is 0 Å². The second-order valence-corrected chi connectivity index (χ2v) is 5.21. The van der Waals surface area contributed by atoms with Crippen LogP contribution in [0.1, 0.15) is 6.92 Å². The van der Waals surface area contributed by atoms with Crippen molar-refractivity contribution in [3.8, 4) is 6.07 Å². The molecule has 1 aliphatic rings. The van der Waals surface area contributed by atoms with Gasteiger partial charge in [-0.2, -0.15) is 5.26 Å². The maximum atomic E-state index is 10.9. The lowest BCUT2D eigenvalue weighted by Crippen LogP contribution is -2.28. The molecule has 0 unspecified atom stereocenters. The van der Waals surface area contributed by atoms with Gasteiger partial charge < -0.3 is 5.11 Å². The van der Waals surface area contributed by atoms with Crippen molar-refractivity contribution in [1.29, 1.82) is 5.26 Å². The minimum atomic E-state index is -3.19. The predicted octanol–water partition coefficient (Wildman–Crippen LogP) is -0.694. The van der Waals surface area contributed by atoms with Crippen LogP contribution in [0.2, 0.25) is 0 Å². The topological polar surface area (TPSA) is 78.2 Å². The lowest BCUT2D eigenvalue weighted by molar-refractivity contribution is 0.120. The summed E-state index contributed by atoms with van der Waals surface area (Å²) in [4.78, 5) is 0. The average Bonchev–Trinajstić information content (AvgIpc) is 2.03. The maximum absolute atomic E-state index is 10.9. The highest BCUT2D eigenvalue weighted by Crippen LogP contribution is 2.30. The number of hydrogen-bond donors (Lipinski definition) is 1. The first-order valence-corrected chi connectivity index (χ1v) is 5.01. The molecule has 1 fully saturated rings. The molecule has 1 saturated heterocycles. The molecule has 0 aliphatic carbocycles. The van der Waals surface area contributed by atoms with Crippen molar-refractivity contribution in [3.05, 3.63) is 0 Å². The van der Waals surface area contributed by atoms with Crippen LogP contribution in [0.15, 0.2) is 0 Å². The van der Waals surface area contributed by atoms with Crippen LogP contribution in [0.5, 0.6) is 0 Å². The third-order valence-corrected chi connectivity index (χ3v) is 3.79. The van der Waals surface area contributed by atoms with Crippen molar-refractivity contribution in [2.45, 2.75) is 13.0 Å². The van der Waals surface area contributed by atoms with Gasteiger partial charge in [-0.3, -0.25) is 0 Å². The molecule has 0 amide bonds. The monoisotopic (exact) mass is 175 g/mol. The summed E-state index contributed by atoms with van der Waals surface area (Å²) in [6.07, 6.45) is -1.03. The van der Waals surface area contributed by atoms with Crippen LogP contribution in [0, 0.1) is 16.7 Å². The van der Waals surface area contributed by atoms with Gasteiger partial charge in [-0.15, -0.1) is 0 Å². The van der Waals surface area contributed by atoms with Gasteiger partial charge in [0.25, 0.3) is 0 Å². The minimum Gasteiger partial charge on any atom is -0.390 e. The first-order valence-electron chi connectivity index (χ1n) is 3.19. The smallest absolute Gasteiger partial charge is 0.154 e. The molecule has 1 heterocycles. The van der Waals surface area contributed by atoms with Gasteiger partial charge in [-0.05, 0) is 6.92 Å². The number of sulfone groups is 1. The standard InChI is InChI=1S/C6H9NO3S/c1-6(3-7)4-11(9,10)2-5(6)8/h5,8H,2,4H2,1H3/t5-,6+/m1/s1. The molecule has 0 saturated carbocycles. The van der Waals surface area contributed by atoms with Crippen LogP contribution in [-0.4, -0.2) is 31.1 Å². The molecule has 1 rings (SSSR count). The van der Waals surface area contributed by atoms with Gasteiger partial charge in [0.15, 0.2) is 9.84 Å². The van der Waals surface area contributed by atoms with E-state index < -0.39 is 21.4 Å². The Labute approximate surface area is 65.4 Å². The summed E-state index contributed by atoms with van der Waals surface area (Å²) in [5.74, 6) is -0.505. The number of aliphatic hydroxyl groups is 1. The zero-order chi connectivity index (χ0) is 8.70. The number of aliphatic hydroxyl groups excluding tert-OH is 1. The van der Waals surface area contributed by atoms with Gasteiger partial charge in [0.05, 0.1) is 29.1 Å². The highest BCUT2D eigenvalue weighted by atomic mass is 32.2. The van der Waals surface area contributed by atoms with Crippen LogP contribution in [0.25, 0.3) is 0 Å². The molecule has 2 atom stereocenters. The normalized spacial score (nSPS) is 41.7. The van der Waals surface area contributed by atoms with E-state index in [0.29, 0.717) is 0 Å². The zero-order valence-corrected chi connectivity index (χ0v) is 6.93. The quantitative estimate of drug-likeness (QED) is 0.528. The van der Waals surface area contributed by atoms with Crippen LogP contribution in [0.3, 0.4) is 0 Å². The number of rotatable bonds is 0. The molecule has 5 heteroatoms. The zero-order valence-electron chi connectivity index (χ0n) is 6.11. The van der Waals surface area contributed by atoms with Gasteiger partial charge in [-0.25, -0.2) is 8.42 Å². The van der Waals surface area contributed by atoms with E-state index in [1.807, 2.05) is 6.07 Å². The molecule has 0 aromatic heterocycles. The fraction of sp³-hybridized carbons (Fsp3) is 0.833. The average molecular weight is 175 g/mol. The second-order valence-electron chi connectivity index (χ2n) is 3.10. The molecule has 11 heavy (non-hydrogen) atoms. The minimum absolute atomic E-state index is 0.225. The van der Waals surface area contributed by atoms with Crippen molar-refractivity contribution in [2.24, 2.45) is 5.41 Å². The van der Waals surface area contributed by atoms with E-state index in [2.05, 4.69) is 0 Å². The highest BCUT2D eigenvalue weighted by molar-refractivity contribution is 7.91. The summed E-state index contributed by atoms with van der Waals surface area (Å²) < 4.78 is 21.8. The van der Waals surface area contributed by atoms with E-state index in [4.69, 9.17) is 5.26 Å². The van der Waals surface area contributed by atoms with E-state index in [1.54, 1.807) is 0 Å². The fourth-order valence-corrected chi connectivity index (χ4v) is 3.28. The Balaban J connectivity index is 3.02. The van der Waals surface area contributed by atoms with Gasteiger partial charge >= 0.3 is 0 Å². The Morgan fingerprint density at radius 3 is 2.45 bits per heavy atom. The SMILES string of the molecule is C[C@]1(C#N)CS(=O)(=O)C[C@H]1O. The summed E-state index contributed by atoms with van der Waals surface area (Å²) in [6, 6.07) is 1.82. The summed E-state index contributed by atoms with van der Waals surface area (Å²) in [5.41, 5.74) is -1.10. The van der Waals surface area contributed by atoms with Crippen molar-refractivity contribution in [3.63, 3.8) is 0 Å². The largest absolute Gasteiger partial charge is 0.390 e. The number of nitriles is 1. The van der Waals surface area contributed by atoms with Crippen molar-refractivity contribution >= 4 is 9.84 Å². The second kappa shape index (κ2) is 2.19. The third kappa shape index (κ3) is 1.37. The van der Waals surface area contributed by atoms with Crippen LogP contribution >= 0.6 is 0 Å². The Morgan fingerprint density at radius 1 is 1.73 bits per heavy atom. The predicted molar refractivity (Wildman–Crippen MR) is 38.4 cm³/mol. The molecule has 0 bridgehead atoms. The summed E-state index contributed by atoms with van der Waals surface area (Å²) >= 11 is 0. The van der Waals surface area contributed by atoms with Gasteiger partial charge in [-0.1, -0.05) is 0 Å². The Morgan fingerprint density at radius 2 is 2.27 bits per heavy atom. The molecule has 0 aromatic rings. The first-order chi connectivity index (χ1) is 4.90. The fourth-order valence-electron chi connectivity index (χ4n) is 1.14. The summed E-state index contributed by atoms with van der Waals surface area (Å²) in [6.45, 7) is 1.46. The Kier molecular flexibility index (Phi) is 1.69. The summed E-state index contributed by atoms with van der Waals surface area (Å²) in [5, 5.41) is 17.7. The molecule has 0 spiro atoms. The van der Waals surface area contributed by atoms with E-state index in [0.717, 1.165) is 0 Å². The molecule has 0 aromatic carbocycles. The third-order valence-electron chi connectivity index (χ3n) is 1.92. The molecular formula is C6H9NO3S. The molecule has 4 nitrogen and oxygen atoms in total. The van der Waals surface area contributed by atoms with E-state index in [-0.39, 0.29) is 11.5 Å². The Bertz CT molecular complexity index is 302. The molecule has 0 radical (unpaired) electrons. The molecule has 1 N–H and O–H groups in total. The van der Waals surface area contributed by atoms with Crippen LogP contribution < -0.4 is 0 Å². The van der Waals surface area contributed by atoms with Crippen molar-refractivity contribution < 1.29 is 13.5 Å². The molecular weight excluding hydrogens is 166 g/mol. The van der Waals surface area contributed by atoms with E-state index in [9.17, 15) is 13.5 Å². The number of hydrogen-bond acceptors (Lipinski definition) is 4. The number of nitrogens with zero attached hydrogens (tertiary/aromatic N) is 1. The van der Waals surface area contributed by atoms with Gasteiger partial charge in [0.2, 0.25) is 0 Å². The molecule has 1 aliphatic heterocycles. The van der Waals surface area contributed by atoms with Crippen LogP contribution in [0.4, 0.5) is 0 Å². The van der Waals surface area contributed by atoms with Crippen molar-refractivity contribution in [1.82, 2.24) is 0 Å². The van der Waals surface area contributed by atoms with Crippen LogP contribution in [-0.2, 0) is 9.84 Å². The van der Waals surface area contributed by atoms with E-state index in [1.165, 1.54) is 6.92 Å². The lowest BCUT2D eigenvalue weighted by Gasteiger charge is -2.15. The maximum Gasteiger partial charge on any atom is 0.154 e. The Hall–Kier alpha value is -0.600. The highest BCUT2D eigenvalue weighted by Gasteiger charge is 2.46.